The Hall–Kier alpha value is -2.52. The Morgan fingerprint density at radius 2 is 1.94 bits per heavy atom. The maximum Gasteiger partial charge on any atom is 0.319 e. The summed E-state index contributed by atoms with van der Waals surface area (Å²) in [5, 5.41) is 20.0. The van der Waals surface area contributed by atoms with Crippen molar-refractivity contribution in [2.24, 2.45) is 5.18 Å². The molecule has 0 radical (unpaired) electrons. The minimum absolute atomic E-state index is 0.406. The number of urea groups is 1. The number of amides is 2. The van der Waals surface area contributed by atoms with Gasteiger partial charge in [-0.1, -0.05) is 41.0 Å². The van der Waals surface area contributed by atoms with Crippen LogP contribution >= 0.6 is 11.6 Å². The fourth-order valence-electron chi connectivity index (χ4n) is 3.60. The van der Waals surface area contributed by atoms with Gasteiger partial charge in [0.1, 0.15) is 12.3 Å². The Morgan fingerprint density at radius 1 is 1.22 bits per heavy atom. The van der Waals surface area contributed by atoms with Crippen molar-refractivity contribution in [1.82, 2.24) is 10.2 Å². The number of anilines is 1. The fourth-order valence-corrected chi connectivity index (χ4v) is 3.82. The SMILES string of the molecule is CC(N=O)c1cccc(C(C)(C)NC(=O)Nc2ccc(Cl)c(C(O)N3CCOCC3)c2)c1. The third-order valence-electron chi connectivity index (χ3n) is 5.60. The molecule has 2 aromatic carbocycles. The second-order valence-electron chi connectivity index (χ2n) is 8.37. The number of rotatable bonds is 7. The summed E-state index contributed by atoms with van der Waals surface area (Å²) >= 11 is 6.31. The van der Waals surface area contributed by atoms with Gasteiger partial charge in [-0.15, -0.1) is 0 Å². The van der Waals surface area contributed by atoms with E-state index in [9.17, 15) is 14.8 Å². The first kappa shape index (κ1) is 24.1. The molecule has 32 heavy (non-hydrogen) atoms. The lowest BCUT2D eigenvalue weighted by molar-refractivity contribution is -0.0602. The molecule has 2 atom stereocenters. The van der Waals surface area contributed by atoms with Crippen LogP contribution in [0.15, 0.2) is 47.6 Å². The van der Waals surface area contributed by atoms with Crippen LogP contribution in [0.25, 0.3) is 0 Å². The van der Waals surface area contributed by atoms with Crippen LogP contribution in [0.4, 0.5) is 10.5 Å². The summed E-state index contributed by atoms with van der Waals surface area (Å²) in [6, 6.07) is 11.6. The van der Waals surface area contributed by atoms with Crippen LogP contribution < -0.4 is 10.6 Å². The maximum atomic E-state index is 12.7. The van der Waals surface area contributed by atoms with E-state index < -0.39 is 23.8 Å². The number of hydrogen-bond acceptors (Lipinski definition) is 6. The first-order chi connectivity index (χ1) is 15.2. The van der Waals surface area contributed by atoms with E-state index in [4.69, 9.17) is 16.3 Å². The number of morpholine rings is 1. The molecule has 1 aliphatic heterocycles. The van der Waals surface area contributed by atoms with Gasteiger partial charge in [0, 0.05) is 29.4 Å². The highest BCUT2D eigenvalue weighted by molar-refractivity contribution is 6.31. The lowest BCUT2D eigenvalue weighted by Crippen LogP contribution is -2.43. The van der Waals surface area contributed by atoms with Crippen LogP contribution in [0, 0.1) is 4.91 Å². The summed E-state index contributed by atoms with van der Waals surface area (Å²) in [5.41, 5.74) is 1.96. The number of nitrogens with zero attached hydrogens (tertiary/aromatic N) is 2. The maximum absolute atomic E-state index is 12.7. The third kappa shape index (κ3) is 5.83. The average molecular weight is 461 g/mol. The summed E-state index contributed by atoms with van der Waals surface area (Å²) < 4.78 is 5.33. The highest BCUT2D eigenvalue weighted by atomic mass is 35.5. The third-order valence-corrected chi connectivity index (χ3v) is 5.94. The quantitative estimate of drug-likeness (QED) is 0.526. The van der Waals surface area contributed by atoms with Gasteiger partial charge in [0.25, 0.3) is 0 Å². The van der Waals surface area contributed by atoms with Crippen molar-refractivity contribution in [3.8, 4) is 0 Å². The monoisotopic (exact) mass is 460 g/mol. The summed E-state index contributed by atoms with van der Waals surface area (Å²) in [5.74, 6) is 0. The molecule has 3 rings (SSSR count). The van der Waals surface area contributed by atoms with Gasteiger partial charge in [0.05, 0.1) is 18.8 Å². The van der Waals surface area contributed by atoms with Crippen LogP contribution in [-0.4, -0.2) is 42.3 Å². The van der Waals surface area contributed by atoms with Crippen LogP contribution in [-0.2, 0) is 10.3 Å². The lowest BCUT2D eigenvalue weighted by atomic mass is 9.92. The largest absolute Gasteiger partial charge is 0.379 e. The summed E-state index contributed by atoms with van der Waals surface area (Å²) in [7, 11) is 0. The second kappa shape index (κ2) is 10.4. The zero-order valence-electron chi connectivity index (χ0n) is 18.5. The summed E-state index contributed by atoms with van der Waals surface area (Å²) in [6.07, 6.45) is -0.885. The van der Waals surface area contributed by atoms with Crippen LogP contribution in [0.2, 0.25) is 5.02 Å². The number of nitrogens with one attached hydrogen (secondary N) is 2. The number of halogens is 1. The molecule has 1 aliphatic rings. The highest BCUT2D eigenvalue weighted by Gasteiger charge is 2.25. The molecule has 2 unspecified atom stereocenters. The number of aliphatic hydroxyl groups is 1. The first-order valence-electron chi connectivity index (χ1n) is 10.5. The summed E-state index contributed by atoms with van der Waals surface area (Å²) in [6.45, 7) is 7.77. The van der Waals surface area contributed by atoms with Gasteiger partial charge in [0.15, 0.2) is 0 Å². The van der Waals surface area contributed by atoms with Gasteiger partial charge >= 0.3 is 6.03 Å². The van der Waals surface area contributed by atoms with E-state index in [2.05, 4.69) is 15.8 Å². The van der Waals surface area contributed by atoms with E-state index in [0.29, 0.717) is 42.6 Å². The Bertz CT molecular complexity index is 963. The molecule has 0 aliphatic carbocycles. The topological polar surface area (TPSA) is 103 Å². The molecule has 2 amide bonds. The normalized spacial score (nSPS) is 16.8. The van der Waals surface area contributed by atoms with Gasteiger partial charge in [-0.25, -0.2) is 4.79 Å². The molecule has 0 bridgehead atoms. The predicted octanol–water partition coefficient (Wildman–Crippen LogP) is 4.55. The van der Waals surface area contributed by atoms with Crippen molar-refractivity contribution in [2.75, 3.05) is 31.6 Å². The van der Waals surface area contributed by atoms with Crippen molar-refractivity contribution >= 4 is 23.3 Å². The van der Waals surface area contributed by atoms with Crippen molar-refractivity contribution in [3.05, 3.63) is 69.1 Å². The van der Waals surface area contributed by atoms with Gasteiger partial charge in [-0.05, 0) is 50.1 Å². The molecule has 0 saturated carbocycles. The molecule has 9 heteroatoms. The molecule has 3 N–H and O–H groups in total. The molecule has 172 valence electrons. The molecule has 1 heterocycles. The number of carbonyl (C=O) groups excluding carboxylic acids is 1. The number of hydrogen-bond donors (Lipinski definition) is 3. The van der Waals surface area contributed by atoms with Crippen LogP contribution in [0.1, 0.15) is 49.7 Å². The molecule has 0 aromatic heterocycles. The number of nitroso groups, excluding NO2 is 1. The lowest BCUT2D eigenvalue weighted by Gasteiger charge is -2.32. The van der Waals surface area contributed by atoms with Gasteiger partial charge in [0.2, 0.25) is 0 Å². The first-order valence-corrected chi connectivity index (χ1v) is 10.9. The highest BCUT2D eigenvalue weighted by Crippen LogP contribution is 2.30. The zero-order valence-corrected chi connectivity index (χ0v) is 19.2. The molecule has 0 spiro atoms. The average Bonchev–Trinajstić information content (AvgIpc) is 2.79. The van der Waals surface area contributed by atoms with E-state index in [1.807, 2.05) is 43.0 Å². The van der Waals surface area contributed by atoms with Crippen molar-refractivity contribution in [1.29, 1.82) is 0 Å². The number of carbonyl (C=O) groups is 1. The fraction of sp³-hybridized carbons (Fsp3) is 0.435. The molecule has 1 saturated heterocycles. The predicted molar refractivity (Wildman–Crippen MR) is 125 cm³/mol. The molecule has 1 fully saturated rings. The Labute approximate surface area is 192 Å². The standard InChI is InChI=1S/C23H29ClN4O4/c1-15(27-31)16-5-4-6-17(13-16)23(2,3)26-22(30)25-18-7-8-20(24)19(14-18)21(29)28-9-11-32-12-10-28/h4-8,13-15,21,29H,9-12H2,1-3H3,(H2,25,26,30). The molecule has 2 aromatic rings. The van der Waals surface area contributed by atoms with Gasteiger partial charge in [-0.2, -0.15) is 4.91 Å². The number of ether oxygens (including phenoxy) is 1. The van der Waals surface area contributed by atoms with Crippen molar-refractivity contribution in [3.63, 3.8) is 0 Å². The van der Waals surface area contributed by atoms with Crippen molar-refractivity contribution < 1.29 is 14.6 Å². The van der Waals surface area contributed by atoms with Gasteiger partial charge < -0.3 is 20.5 Å². The van der Waals surface area contributed by atoms with Gasteiger partial charge in [-0.3, -0.25) is 4.90 Å². The molecular weight excluding hydrogens is 432 g/mol. The van der Waals surface area contributed by atoms with E-state index >= 15 is 0 Å². The van der Waals surface area contributed by atoms with E-state index in [-0.39, 0.29) is 0 Å². The Kier molecular flexibility index (Phi) is 7.84. The molecular formula is C23H29ClN4O4. The summed E-state index contributed by atoms with van der Waals surface area (Å²) in [4.78, 5) is 25.5. The smallest absolute Gasteiger partial charge is 0.319 e. The minimum Gasteiger partial charge on any atom is -0.379 e. The minimum atomic E-state index is -0.885. The Morgan fingerprint density at radius 3 is 2.62 bits per heavy atom. The van der Waals surface area contributed by atoms with Crippen LogP contribution in [0.3, 0.4) is 0 Å². The van der Waals surface area contributed by atoms with Crippen LogP contribution in [0.5, 0.6) is 0 Å². The van der Waals surface area contributed by atoms with Crippen molar-refractivity contribution in [2.45, 2.75) is 38.6 Å². The second-order valence-corrected chi connectivity index (χ2v) is 8.78. The number of aliphatic hydroxyl groups excluding tert-OH is 1. The number of benzene rings is 2. The zero-order chi connectivity index (χ0) is 23.3. The van der Waals surface area contributed by atoms with E-state index in [1.54, 1.807) is 25.1 Å². The molecule has 8 nitrogen and oxygen atoms in total. The van der Waals surface area contributed by atoms with E-state index in [0.717, 1.165) is 11.1 Å². The van der Waals surface area contributed by atoms with E-state index in [1.165, 1.54) is 0 Å². The Balaban J connectivity index is 1.71.